The number of hydrogen-bond donors (Lipinski definition) is 5. The number of H-pyrrole nitrogens is 1. The fraction of sp³-hybridized carbons (Fsp3) is 0.581. The van der Waals surface area contributed by atoms with Gasteiger partial charge in [0, 0.05) is 84.0 Å². The molecule has 10 atom stereocenters. The minimum Gasteiger partial charge on any atom is -0.496 e. The van der Waals surface area contributed by atoms with Gasteiger partial charge in [0.15, 0.2) is 5.60 Å². The average molecular weight is 754 g/mol. The Kier molecular flexibility index (Phi) is 8.19. The van der Waals surface area contributed by atoms with Crippen molar-refractivity contribution in [2.75, 3.05) is 58.9 Å². The molecule has 6 aliphatic rings. The molecule has 294 valence electrons. The normalized spacial score (nSPS) is 39.0. The van der Waals surface area contributed by atoms with Crippen LogP contribution in [0.1, 0.15) is 68.3 Å². The van der Waals surface area contributed by atoms with E-state index in [-0.39, 0.29) is 12.0 Å². The summed E-state index contributed by atoms with van der Waals surface area (Å²) in [4.78, 5) is 39.3. The molecule has 2 saturated heterocycles. The summed E-state index contributed by atoms with van der Waals surface area (Å²) in [5.74, 6) is -1.00. The Bertz CT molecular complexity index is 2120. The Balaban J connectivity index is 1.36. The van der Waals surface area contributed by atoms with E-state index in [2.05, 4.69) is 26.9 Å². The fourth-order valence-corrected chi connectivity index (χ4v) is 13.1. The van der Waals surface area contributed by atoms with Gasteiger partial charge >= 0.3 is 5.97 Å². The lowest BCUT2D eigenvalue weighted by Crippen LogP contribution is -2.81. The summed E-state index contributed by atoms with van der Waals surface area (Å²) in [7, 11) is 4.89. The number of carbonyl (C=O) groups excluding carboxylic acids is 2. The molecule has 2 aromatic carbocycles. The van der Waals surface area contributed by atoms with Gasteiger partial charge < -0.3 is 40.4 Å². The van der Waals surface area contributed by atoms with E-state index < -0.39 is 51.5 Å². The largest absolute Gasteiger partial charge is 0.496 e. The molecule has 0 radical (unpaired) electrons. The first kappa shape index (κ1) is 36.7. The van der Waals surface area contributed by atoms with Gasteiger partial charge in [-0.05, 0) is 74.2 Å². The van der Waals surface area contributed by atoms with E-state index in [1.165, 1.54) is 7.11 Å². The van der Waals surface area contributed by atoms with Crippen LogP contribution < -0.4 is 15.4 Å². The smallest absolute Gasteiger partial charge is 0.322 e. The number of aliphatic hydroxyl groups is 3. The van der Waals surface area contributed by atoms with Gasteiger partial charge in [-0.3, -0.25) is 19.4 Å². The van der Waals surface area contributed by atoms with Gasteiger partial charge in [-0.1, -0.05) is 44.2 Å². The molecule has 12 heteroatoms. The summed E-state index contributed by atoms with van der Waals surface area (Å²) in [5, 5.41) is 38.0. The highest BCUT2D eigenvalue weighted by atomic mass is 16.5. The third-order valence-corrected chi connectivity index (χ3v) is 15.2. The summed E-state index contributed by atoms with van der Waals surface area (Å²) < 4.78 is 12.2. The lowest BCUT2D eigenvalue weighted by molar-refractivity contribution is -0.201. The lowest BCUT2D eigenvalue weighted by Gasteiger charge is -2.63. The van der Waals surface area contributed by atoms with Crippen LogP contribution in [0.4, 0.5) is 5.69 Å². The van der Waals surface area contributed by atoms with Crippen molar-refractivity contribution >= 4 is 28.5 Å². The molecular formula is C43H55N5O7. The van der Waals surface area contributed by atoms with Crippen molar-refractivity contribution in [2.24, 2.45) is 17.1 Å². The standard InChI is InChI=1S/C43H55N5O7/c1-6-39(52)21-25-22-42(38(51)55-5,33-27(13-17-47(23-25)24-39)26-11-8-9-12-30(26)45-33)29-19-28-31(20-32(29)54-4)46(3)35-41(28)15-18-48-16-10-14-40(7-2,34(41)48)36(49)43(35,53)37(44)50/h8-12,14,19-20,25,34-36,45,49,52-53H,6-7,13,15-18,21-24H2,1-5H3,(H2,44,50)/t25?,34-,35?,36+,39-,40+,41?,42-,43-/m0/s1. The van der Waals surface area contributed by atoms with Crippen LogP contribution in [0.25, 0.3) is 10.9 Å². The van der Waals surface area contributed by atoms with Gasteiger partial charge in [0.05, 0.1) is 25.9 Å². The maximum Gasteiger partial charge on any atom is 0.322 e. The summed E-state index contributed by atoms with van der Waals surface area (Å²) >= 11 is 0. The first-order valence-electron chi connectivity index (χ1n) is 20.0. The summed E-state index contributed by atoms with van der Waals surface area (Å²) in [6, 6.07) is 11.0. The number of rotatable bonds is 6. The number of nitrogens with one attached hydrogen (secondary N) is 1. The molecule has 1 aromatic heterocycles. The number of aromatic amines is 1. The Morgan fingerprint density at radius 2 is 1.82 bits per heavy atom. The highest BCUT2D eigenvalue weighted by Crippen LogP contribution is 2.67. The Labute approximate surface area is 322 Å². The molecule has 1 amide bonds. The predicted octanol–water partition coefficient (Wildman–Crippen LogP) is 2.73. The number of amides is 1. The maximum atomic E-state index is 15.2. The number of fused-ring (bicyclic) bond motifs is 6. The fourth-order valence-electron chi connectivity index (χ4n) is 13.1. The Hall–Kier alpha value is -3.94. The predicted molar refractivity (Wildman–Crippen MR) is 208 cm³/mol. The second-order valence-electron chi connectivity index (χ2n) is 17.5. The Morgan fingerprint density at radius 1 is 1.04 bits per heavy atom. The number of benzene rings is 2. The summed E-state index contributed by atoms with van der Waals surface area (Å²) in [6.45, 7) is 7.39. The minimum absolute atomic E-state index is 0.0790. The number of nitrogens with zero attached hydrogens (tertiary/aromatic N) is 3. The van der Waals surface area contributed by atoms with Crippen LogP contribution in [0.15, 0.2) is 48.6 Å². The number of nitrogens with two attached hydrogens (primary N) is 1. The van der Waals surface area contributed by atoms with E-state index >= 15 is 4.79 Å². The van der Waals surface area contributed by atoms with Crippen LogP contribution in [-0.4, -0.2) is 125 Å². The molecule has 6 heterocycles. The molecule has 9 rings (SSSR count). The number of primary amides is 1. The van der Waals surface area contributed by atoms with Gasteiger partial charge in [-0.25, -0.2) is 0 Å². The van der Waals surface area contributed by atoms with Crippen LogP contribution in [0.2, 0.25) is 0 Å². The van der Waals surface area contributed by atoms with Crippen LogP contribution in [0, 0.1) is 11.3 Å². The van der Waals surface area contributed by atoms with E-state index in [0.717, 1.165) is 46.5 Å². The molecule has 1 spiro atoms. The molecule has 3 fully saturated rings. The van der Waals surface area contributed by atoms with Crippen LogP contribution in [0.5, 0.6) is 5.75 Å². The van der Waals surface area contributed by atoms with Crippen LogP contribution >= 0.6 is 0 Å². The number of ether oxygens (including phenoxy) is 2. The quantitative estimate of drug-likeness (QED) is 0.187. The number of methoxy groups -OCH3 is 2. The highest BCUT2D eigenvalue weighted by molar-refractivity contribution is 5.95. The van der Waals surface area contributed by atoms with Crippen molar-refractivity contribution in [3.8, 4) is 5.75 Å². The van der Waals surface area contributed by atoms with Crippen LogP contribution in [-0.2, 0) is 31.6 Å². The lowest BCUT2D eigenvalue weighted by atomic mass is 9.47. The number of para-hydroxylation sites is 1. The minimum atomic E-state index is -2.30. The van der Waals surface area contributed by atoms with Crippen molar-refractivity contribution < 1.29 is 34.4 Å². The summed E-state index contributed by atoms with van der Waals surface area (Å²) in [5.41, 5.74) is 4.72. The van der Waals surface area contributed by atoms with Crippen molar-refractivity contribution in [3.63, 3.8) is 0 Å². The van der Waals surface area contributed by atoms with Gasteiger partial charge in [0.25, 0.3) is 5.91 Å². The second-order valence-corrected chi connectivity index (χ2v) is 17.5. The molecule has 55 heavy (non-hydrogen) atoms. The highest BCUT2D eigenvalue weighted by Gasteiger charge is 2.78. The SMILES string of the molecule is CC[C@]1(O)CC2CN(CCc3c([nH]c4ccccc34)[C@@](C(=O)OC)(c3cc4c(cc3OC)N(C)C3C45CCN4CC=C[C@](CC)([C@H]45)[C@@H](O)[C@]3(O)C(N)=O)C2)C1. The number of aliphatic hydroxyl groups excluding tert-OH is 1. The van der Waals surface area contributed by atoms with Gasteiger partial charge in [0.2, 0.25) is 0 Å². The molecule has 4 unspecified atom stereocenters. The topological polar surface area (TPSA) is 165 Å². The first-order chi connectivity index (χ1) is 26.3. The van der Waals surface area contributed by atoms with E-state index in [9.17, 15) is 20.1 Å². The van der Waals surface area contributed by atoms with E-state index in [1.54, 1.807) is 7.11 Å². The van der Waals surface area contributed by atoms with Crippen molar-refractivity contribution in [1.82, 2.24) is 14.8 Å². The van der Waals surface area contributed by atoms with E-state index in [1.807, 2.05) is 62.2 Å². The molecule has 2 bridgehead atoms. The molecule has 1 saturated carbocycles. The zero-order chi connectivity index (χ0) is 38.9. The Morgan fingerprint density at radius 3 is 2.53 bits per heavy atom. The number of carbonyl (C=O) groups is 2. The molecule has 1 aliphatic carbocycles. The van der Waals surface area contributed by atoms with Crippen molar-refractivity contribution in [3.05, 3.63) is 70.9 Å². The zero-order valence-corrected chi connectivity index (χ0v) is 32.6. The number of aromatic nitrogens is 1. The summed E-state index contributed by atoms with van der Waals surface area (Å²) in [6.07, 6.45) is 5.78. The number of anilines is 1. The van der Waals surface area contributed by atoms with E-state index in [0.29, 0.717) is 69.5 Å². The monoisotopic (exact) mass is 753 g/mol. The molecular weight excluding hydrogens is 699 g/mol. The molecule has 12 nitrogen and oxygen atoms in total. The number of esters is 1. The first-order valence-corrected chi connectivity index (χ1v) is 20.0. The van der Waals surface area contributed by atoms with Crippen molar-refractivity contribution in [2.45, 2.75) is 92.6 Å². The number of hydrogen-bond acceptors (Lipinski definition) is 10. The zero-order valence-electron chi connectivity index (χ0n) is 32.6. The average Bonchev–Trinajstić information content (AvgIpc) is 3.84. The third kappa shape index (κ3) is 4.51. The number of likely N-dealkylation sites (N-methyl/N-ethyl adjacent to an activating group) is 1. The van der Waals surface area contributed by atoms with Crippen LogP contribution in [0.3, 0.4) is 0 Å². The molecule has 3 aromatic rings. The second kappa shape index (κ2) is 12.3. The maximum absolute atomic E-state index is 15.2. The van der Waals surface area contributed by atoms with Gasteiger partial charge in [0.1, 0.15) is 17.3 Å². The molecule has 6 N–H and O–H groups in total. The third-order valence-electron chi connectivity index (χ3n) is 15.2. The molecule has 5 aliphatic heterocycles. The van der Waals surface area contributed by atoms with Gasteiger partial charge in [-0.2, -0.15) is 0 Å². The van der Waals surface area contributed by atoms with Crippen molar-refractivity contribution in [1.29, 1.82) is 0 Å². The number of piperidine rings is 1. The van der Waals surface area contributed by atoms with Gasteiger partial charge in [-0.15, -0.1) is 0 Å². The van der Waals surface area contributed by atoms with E-state index in [4.69, 9.17) is 15.2 Å².